The van der Waals surface area contributed by atoms with Crippen molar-refractivity contribution in [3.63, 3.8) is 0 Å². The smallest absolute Gasteiger partial charge is 0.410 e. The van der Waals surface area contributed by atoms with Crippen LogP contribution in [0.3, 0.4) is 0 Å². The van der Waals surface area contributed by atoms with E-state index in [-0.39, 0.29) is 17.8 Å². The maximum absolute atomic E-state index is 13.4. The number of nitrogens with zero attached hydrogens (tertiary/aromatic N) is 3. The van der Waals surface area contributed by atoms with Gasteiger partial charge in [-0.3, -0.25) is 4.79 Å². The molecule has 0 spiro atoms. The van der Waals surface area contributed by atoms with Gasteiger partial charge in [0.15, 0.2) is 0 Å². The zero-order valence-corrected chi connectivity index (χ0v) is 15.8. The molecular weight excluding hydrogens is 353 g/mol. The van der Waals surface area contributed by atoms with Crippen molar-refractivity contribution in [1.82, 2.24) is 9.80 Å². The van der Waals surface area contributed by atoms with E-state index in [1.165, 1.54) is 12.1 Å². The van der Waals surface area contributed by atoms with E-state index in [0.717, 1.165) is 0 Å². The van der Waals surface area contributed by atoms with Gasteiger partial charge in [0, 0.05) is 38.2 Å². The van der Waals surface area contributed by atoms with Gasteiger partial charge in [-0.1, -0.05) is 17.3 Å². The predicted octanol–water partition coefficient (Wildman–Crippen LogP) is 2.40. The molecule has 0 aliphatic carbocycles. The molecule has 1 aromatic rings. The first-order valence-corrected chi connectivity index (χ1v) is 8.98. The molecule has 1 atom stereocenters. The molecule has 146 valence electrons. The summed E-state index contributed by atoms with van der Waals surface area (Å²) < 4.78 is 18.7. The Bertz CT molecular complexity index is 752. The third kappa shape index (κ3) is 4.75. The third-order valence-electron chi connectivity index (χ3n) is 4.35. The number of ether oxygens (including phenoxy) is 1. The van der Waals surface area contributed by atoms with Gasteiger partial charge in [-0.15, -0.1) is 0 Å². The molecule has 0 saturated carbocycles. The minimum Gasteiger partial charge on any atom is -0.444 e. The van der Waals surface area contributed by atoms with Crippen molar-refractivity contribution in [3.8, 4) is 0 Å². The maximum atomic E-state index is 13.4. The number of carbonyl (C=O) groups is 2. The molecule has 1 saturated heterocycles. The van der Waals surface area contributed by atoms with Crippen molar-refractivity contribution in [1.29, 1.82) is 0 Å². The van der Waals surface area contributed by atoms with Gasteiger partial charge in [-0.05, 0) is 32.9 Å². The Balaban J connectivity index is 1.51. The van der Waals surface area contributed by atoms with E-state index >= 15 is 0 Å². The minimum absolute atomic E-state index is 0.172. The zero-order valence-electron chi connectivity index (χ0n) is 15.8. The highest BCUT2D eigenvalue weighted by molar-refractivity contribution is 6.04. The van der Waals surface area contributed by atoms with Gasteiger partial charge in [-0.2, -0.15) is 0 Å². The first kappa shape index (κ1) is 19.1. The summed E-state index contributed by atoms with van der Waals surface area (Å²) in [5, 5.41) is 3.95. The minimum atomic E-state index is -0.712. The maximum Gasteiger partial charge on any atom is 0.410 e. The fraction of sp³-hybridized carbons (Fsp3) is 0.526. The largest absolute Gasteiger partial charge is 0.444 e. The Morgan fingerprint density at radius 1 is 1.19 bits per heavy atom. The Morgan fingerprint density at radius 2 is 1.85 bits per heavy atom. The highest BCUT2D eigenvalue weighted by Crippen LogP contribution is 2.20. The molecule has 27 heavy (non-hydrogen) atoms. The lowest BCUT2D eigenvalue weighted by Gasteiger charge is -2.36. The lowest BCUT2D eigenvalue weighted by atomic mass is 10.0. The van der Waals surface area contributed by atoms with Gasteiger partial charge in [0.05, 0.1) is 5.71 Å². The summed E-state index contributed by atoms with van der Waals surface area (Å²) in [6.45, 7) is 7.09. The molecule has 3 rings (SSSR count). The van der Waals surface area contributed by atoms with Crippen molar-refractivity contribution in [2.75, 3.05) is 26.2 Å². The van der Waals surface area contributed by atoms with Crippen molar-refractivity contribution in [2.24, 2.45) is 5.16 Å². The van der Waals surface area contributed by atoms with Gasteiger partial charge in [-0.25, -0.2) is 9.18 Å². The molecule has 2 aliphatic heterocycles. The van der Waals surface area contributed by atoms with Crippen LogP contribution < -0.4 is 0 Å². The van der Waals surface area contributed by atoms with E-state index < -0.39 is 11.7 Å². The monoisotopic (exact) mass is 377 g/mol. The molecule has 7 nitrogen and oxygen atoms in total. The fourth-order valence-electron chi connectivity index (χ4n) is 2.99. The summed E-state index contributed by atoms with van der Waals surface area (Å²) in [5.74, 6) is -0.530. The van der Waals surface area contributed by atoms with E-state index in [4.69, 9.17) is 9.57 Å². The first-order valence-electron chi connectivity index (χ1n) is 8.98. The van der Waals surface area contributed by atoms with E-state index in [2.05, 4.69) is 5.16 Å². The Labute approximate surface area is 157 Å². The summed E-state index contributed by atoms with van der Waals surface area (Å²) in [5.41, 5.74) is 0.618. The number of amides is 2. The summed E-state index contributed by atoms with van der Waals surface area (Å²) >= 11 is 0. The Hall–Kier alpha value is -2.64. The van der Waals surface area contributed by atoms with Crippen LogP contribution in [0.15, 0.2) is 29.4 Å². The van der Waals surface area contributed by atoms with Crippen molar-refractivity contribution < 1.29 is 23.6 Å². The normalized spacial score (nSPS) is 20.1. The Kier molecular flexibility index (Phi) is 5.34. The molecule has 0 unspecified atom stereocenters. The fourth-order valence-corrected chi connectivity index (χ4v) is 2.99. The number of piperazine rings is 1. The average Bonchev–Trinajstić information content (AvgIpc) is 3.10. The van der Waals surface area contributed by atoms with Crippen molar-refractivity contribution in [2.45, 2.75) is 38.9 Å². The highest BCUT2D eigenvalue weighted by atomic mass is 19.1. The molecule has 0 aromatic heterocycles. The van der Waals surface area contributed by atoms with Crippen LogP contribution in [0, 0.1) is 5.82 Å². The molecule has 0 bridgehead atoms. The number of halogens is 1. The number of hydrogen-bond donors (Lipinski definition) is 0. The SMILES string of the molecule is CC(C)(C)OC(=O)N1CCN(C(=O)[C@@H]2CC(c3cccc(F)c3)=NO2)CC1. The van der Waals surface area contributed by atoms with E-state index in [0.29, 0.717) is 43.9 Å². The second kappa shape index (κ2) is 7.54. The molecule has 2 amide bonds. The third-order valence-corrected chi connectivity index (χ3v) is 4.35. The van der Waals surface area contributed by atoms with Gasteiger partial charge in [0.2, 0.25) is 6.10 Å². The molecule has 2 heterocycles. The second-order valence-electron chi connectivity index (χ2n) is 7.64. The van der Waals surface area contributed by atoms with Crippen molar-refractivity contribution >= 4 is 17.7 Å². The van der Waals surface area contributed by atoms with Crippen LogP contribution in [0.4, 0.5) is 9.18 Å². The van der Waals surface area contributed by atoms with Crippen LogP contribution in [0.5, 0.6) is 0 Å². The number of oxime groups is 1. The molecule has 1 fully saturated rings. The molecule has 2 aliphatic rings. The topological polar surface area (TPSA) is 71.4 Å². The van der Waals surface area contributed by atoms with Crippen LogP contribution in [0.1, 0.15) is 32.8 Å². The number of hydrogen-bond acceptors (Lipinski definition) is 5. The number of carbonyl (C=O) groups excluding carboxylic acids is 2. The summed E-state index contributed by atoms with van der Waals surface area (Å²) in [4.78, 5) is 33.3. The van der Waals surface area contributed by atoms with Crippen LogP contribution in [0.25, 0.3) is 0 Å². The van der Waals surface area contributed by atoms with E-state index in [1.807, 2.05) is 20.8 Å². The van der Waals surface area contributed by atoms with Crippen LogP contribution in [-0.2, 0) is 14.4 Å². The van der Waals surface area contributed by atoms with Gasteiger partial charge >= 0.3 is 6.09 Å². The average molecular weight is 377 g/mol. The van der Waals surface area contributed by atoms with Crippen LogP contribution >= 0.6 is 0 Å². The molecule has 1 aromatic carbocycles. The standard InChI is InChI=1S/C19H24FN3O4/c1-19(2,3)26-18(25)23-9-7-22(8-10-23)17(24)16-12-15(21-27-16)13-5-4-6-14(20)11-13/h4-6,11,16H,7-10,12H2,1-3H3/t16-/m0/s1. The highest BCUT2D eigenvalue weighted by Gasteiger charge is 2.35. The summed E-state index contributed by atoms with van der Waals surface area (Å²) in [7, 11) is 0. The van der Waals surface area contributed by atoms with Gasteiger partial charge < -0.3 is 19.4 Å². The van der Waals surface area contributed by atoms with E-state index in [1.54, 1.807) is 21.9 Å². The molecule has 0 radical (unpaired) electrons. The number of rotatable bonds is 2. The molecular formula is C19H24FN3O4. The predicted molar refractivity (Wildman–Crippen MR) is 96.8 cm³/mol. The molecule has 8 heteroatoms. The molecule has 0 N–H and O–H groups in total. The quantitative estimate of drug-likeness (QED) is 0.793. The van der Waals surface area contributed by atoms with Gasteiger partial charge in [0.1, 0.15) is 11.4 Å². The lowest BCUT2D eigenvalue weighted by Crippen LogP contribution is -2.53. The summed E-state index contributed by atoms with van der Waals surface area (Å²) in [6, 6.07) is 6.05. The number of benzene rings is 1. The Morgan fingerprint density at radius 3 is 2.48 bits per heavy atom. The second-order valence-corrected chi connectivity index (χ2v) is 7.64. The first-order chi connectivity index (χ1) is 12.7. The van der Waals surface area contributed by atoms with Crippen molar-refractivity contribution in [3.05, 3.63) is 35.6 Å². The van der Waals surface area contributed by atoms with Gasteiger partial charge in [0.25, 0.3) is 5.91 Å². The van der Waals surface area contributed by atoms with Crippen LogP contribution in [-0.4, -0.2) is 65.4 Å². The summed E-state index contributed by atoms with van der Waals surface area (Å²) in [6.07, 6.45) is -0.783. The van der Waals surface area contributed by atoms with Crippen LogP contribution in [0.2, 0.25) is 0 Å². The van der Waals surface area contributed by atoms with E-state index in [9.17, 15) is 14.0 Å². The lowest BCUT2D eigenvalue weighted by molar-refractivity contribution is -0.143. The zero-order chi connectivity index (χ0) is 19.6.